The van der Waals surface area contributed by atoms with E-state index in [0.717, 1.165) is 5.56 Å². The van der Waals surface area contributed by atoms with Gasteiger partial charge in [-0.15, -0.1) is 0 Å². The number of carbonyl (C=O) groups is 1. The van der Waals surface area contributed by atoms with E-state index in [1.807, 2.05) is 30.3 Å². The zero-order valence-electron chi connectivity index (χ0n) is 10.7. The Morgan fingerprint density at radius 2 is 2.11 bits per heavy atom. The van der Waals surface area contributed by atoms with Crippen LogP contribution in [-0.4, -0.2) is 34.0 Å². The van der Waals surface area contributed by atoms with Gasteiger partial charge < -0.3 is 9.42 Å². The van der Waals surface area contributed by atoms with Crippen molar-refractivity contribution in [2.75, 3.05) is 13.1 Å². The number of aromatic nitrogens is 2. The molecule has 5 heteroatoms. The molecule has 0 N–H and O–H groups in total. The molecule has 1 aromatic heterocycles. The number of carbonyl (C=O) groups excluding carboxylic acids is 1. The zero-order chi connectivity index (χ0) is 13.2. The highest BCUT2D eigenvalue weighted by atomic mass is 16.5. The fourth-order valence-corrected chi connectivity index (χ4v) is 2.18. The second-order valence-corrected chi connectivity index (χ2v) is 4.83. The van der Waals surface area contributed by atoms with Crippen molar-refractivity contribution in [2.45, 2.75) is 19.3 Å². The lowest BCUT2D eigenvalue weighted by molar-refractivity contribution is -0.133. The van der Waals surface area contributed by atoms with Crippen molar-refractivity contribution >= 4 is 5.91 Å². The van der Waals surface area contributed by atoms with E-state index in [9.17, 15) is 4.79 Å². The van der Waals surface area contributed by atoms with Crippen molar-refractivity contribution in [1.29, 1.82) is 0 Å². The molecule has 2 heterocycles. The van der Waals surface area contributed by atoms with E-state index in [1.54, 1.807) is 11.8 Å². The molecule has 0 saturated carbocycles. The van der Waals surface area contributed by atoms with Crippen molar-refractivity contribution in [3.8, 4) is 0 Å². The Hall–Kier alpha value is -2.17. The van der Waals surface area contributed by atoms with Crippen LogP contribution in [0.25, 0.3) is 0 Å². The molecule has 0 bridgehead atoms. The highest BCUT2D eigenvalue weighted by molar-refractivity contribution is 5.74. The number of hydrogen-bond acceptors (Lipinski definition) is 4. The van der Waals surface area contributed by atoms with Crippen molar-refractivity contribution < 1.29 is 9.32 Å². The molecule has 98 valence electrons. The van der Waals surface area contributed by atoms with Gasteiger partial charge >= 0.3 is 0 Å². The summed E-state index contributed by atoms with van der Waals surface area (Å²) in [6.07, 6.45) is 0.674. The fraction of sp³-hybridized carbons (Fsp3) is 0.357. The number of hydrogen-bond donors (Lipinski definition) is 0. The molecule has 19 heavy (non-hydrogen) atoms. The Labute approximate surface area is 111 Å². The van der Waals surface area contributed by atoms with E-state index in [4.69, 9.17) is 4.52 Å². The van der Waals surface area contributed by atoms with Gasteiger partial charge in [-0.3, -0.25) is 4.79 Å². The van der Waals surface area contributed by atoms with Gasteiger partial charge in [0.05, 0.1) is 5.92 Å². The van der Waals surface area contributed by atoms with Crippen molar-refractivity contribution in [2.24, 2.45) is 0 Å². The first-order valence-electron chi connectivity index (χ1n) is 6.34. The molecular formula is C14H15N3O2. The number of benzene rings is 1. The van der Waals surface area contributed by atoms with Gasteiger partial charge in [0.2, 0.25) is 11.8 Å². The van der Waals surface area contributed by atoms with E-state index in [1.165, 1.54) is 0 Å². The molecule has 0 spiro atoms. The molecule has 0 unspecified atom stereocenters. The molecule has 1 aromatic carbocycles. The normalized spacial score (nSPS) is 15.3. The Balaban J connectivity index is 1.63. The van der Waals surface area contributed by atoms with Crippen molar-refractivity contribution in [1.82, 2.24) is 15.0 Å². The third-order valence-electron chi connectivity index (χ3n) is 3.36. The average molecular weight is 257 g/mol. The molecule has 3 rings (SSSR count). The minimum atomic E-state index is 0.0975. The molecule has 0 aliphatic carbocycles. The highest BCUT2D eigenvalue weighted by Crippen LogP contribution is 2.25. The molecular weight excluding hydrogens is 242 g/mol. The maximum Gasteiger partial charge on any atom is 0.233 e. The Kier molecular flexibility index (Phi) is 3.03. The Morgan fingerprint density at radius 3 is 2.79 bits per heavy atom. The molecule has 1 fully saturated rings. The first kappa shape index (κ1) is 11.9. The summed E-state index contributed by atoms with van der Waals surface area (Å²) in [4.78, 5) is 17.3. The predicted octanol–water partition coefficient (Wildman–Crippen LogP) is 1.61. The number of likely N-dealkylation sites (tertiary alicyclic amines) is 1. The quantitative estimate of drug-likeness (QED) is 0.838. The molecule has 1 aliphatic rings. The molecule has 1 amide bonds. The fourth-order valence-electron chi connectivity index (χ4n) is 2.18. The largest absolute Gasteiger partial charge is 0.341 e. The summed E-state index contributed by atoms with van der Waals surface area (Å²) < 4.78 is 5.27. The standard InChI is InChI=1S/C14H15N3O2/c1-10(18)17-8-12(9-17)14-15-13(16-19-14)7-11-5-3-2-4-6-11/h2-6,12H,7-9H2,1H3. The second-order valence-electron chi connectivity index (χ2n) is 4.83. The molecule has 2 aromatic rings. The zero-order valence-corrected chi connectivity index (χ0v) is 10.7. The third-order valence-corrected chi connectivity index (χ3v) is 3.36. The topological polar surface area (TPSA) is 59.2 Å². The highest BCUT2D eigenvalue weighted by Gasteiger charge is 2.33. The van der Waals surface area contributed by atoms with Gasteiger partial charge in [0.1, 0.15) is 0 Å². The summed E-state index contributed by atoms with van der Waals surface area (Å²) in [6.45, 7) is 2.94. The molecule has 1 saturated heterocycles. The van der Waals surface area contributed by atoms with Crippen LogP contribution in [0.4, 0.5) is 0 Å². The van der Waals surface area contributed by atoms with Crippen LogP contribution < -0.4 is 0 Å². The maximum atomic E-state index is 11.1. The van der Waals surface area contributed by atoms with Crippen LogP contribution in [0.2, 0.25) is 0 Å². The third kappa shape index (κ3) is 2.50. The maximum absolute atomic E-state index is 11.1. The van der Waals surface area contributed by atoms with Gasteiger partial charge in [-0.05, 0) is 5.56 Å². The predicted molar refractivity (Wildman–Crippen MR) is 68.5 cm³/mol. The van der Waals surface area contributed by atoms with Gasteiger partial charge in [-0.2, -0.15) is 4.98 Å². The van der Waals surface area contributed by atoms with Gasteiger partial charge in [0.25, 0.3) is 0 Å². The summed E-state index contributed by atoms with van der Waals surface area (Å²) in [5.74, 6) is 1.63. The molecule has 0 radical (unpaired) electrons. The lowest BCUT2D eigenvalue weighted by Crippen LogP contribution is -2.47. The number of rotatable bonds is 3. The summed E-state index contributed by atoms with van der Waals surface area (Å²) in [7, 11) is 0. The summed E-state index contributed by atoms with van der Waals surface area (Å²) in [5.41, 5.74) is 1.16. The average Bonchev–Trinajstić information content (AvgIpc) is 2.76. The first-order chi connectivity index (χ1) is 9.22. The van der Waals surface area contributed by atoms with Crippen LogP contribution in [0.15, 0.2) is 34.9 Å². The van der Waals surface area contributed by atoms with Crippen LogP contribution in [0, 0.1) is 0 Å². The Morgan fingerprint density at radius 1 is 1.37 bits per heavy atom. The van der Waals surface area contributed by atoms with E-state index in [2.05, 4.69) is 10.1 Å². The SMILES string of the molecule is CC(=O)N1CC(c2nc(Cc3ccccc3)no2)C1. The monoisotopic (exact) mass is 257 g/mol. The van der Waals surface area contributed by atoms with Crippen LogP contribution in [0.5, 0.6) is 0 Å². The minimum Gasteiger partial charge on any atom is -0.341 e. The smallest absolute Gasteiger partial charge is 0.233 e. The minimum absolute atomic E-state index is 0.0975. The van der Waals surface area contributed by atoms with E-state index in [-0.39, 0.29) is 11.8 Å². The van der Waals surface area contributed by atoms with Gasteiger partial charge in [0, 0.05) is 26.4 Å². The van der Waals surface area contributed by atoms with E-state index >= 15 is 0 Å². The second kappa shape index (κ2) is 4.84. The lowest BCUT2D eigenvalue weighted by atomic mass is 10.0. The van der Waals surface area contributed by atoms with E-state index < -0.39 is 0 Å². The van der Waals surface area contributed by atoms with Crippen molar-refractivity contribution in [3.05, 3.63) is 47.6 Å². The van der Waals surface area contributed by atoms with Crippen LogP contribution in [0.1, 0.15) is 30.1 Å². The van der Waals surface area contributed by atoms with Gasteiger partial charge in [0.15, 0.2) is 5.82 Å². The molecule has 0 atom stereocenters. The van der Waals surface area contributed by atoms with Crippen LogP contribution in [-0.2, 0) is 11.2 Å². The molecule has 1 aliphatic heterocycles. The lowest BCUT2D eigenvalue weighted by Gasteiger charge is -2.36. The van der Waals surface area contributed by atoms with Crippen molar-refractivity contribution in [3.63, 3.8) is 0 Å². The van der Waals surface area contributed by atoms with Crippen LogP contribution in [0.3, 0.4) is 0 Å². The summed E-state index contributed by atoms with van der Waals surface area (Å²) in [5, 5.41) is 3.99. The van der Waals surface area contributed by atoms with E-state index in [0.29, 0.717) is 31.2 Å². The molecule has 5 nitrogen and oxygen atoms in total. The van der Waals surface area contributed by atoms with Gasteiger partial charge in [-0.25, -0.2) is 0 Å². The van der Waals surface area contributed by atoms with Crippen LogP contribution >= 0.6 is 0 Å². The summed E-state index contributed by atoms with van der Waals surface area (Å²) >= 11 is 0. The summed E-state index contributed by atoms with van der Waals surface area (Å²) in [6, 6.07) is 10.0. The first-order valence-corrected chi connectivity index (χ1v) is 6.34. The Bertz CT molecular complexity index is 573. The number of amides is 1. The number of nitrogens with zero attached hydrogens (tertiary/aromatic N) is 3. The van der Waals surface area contributed by atoms with Gasteiger partial charge in [-0.1, -0.05) is 35.5 Å².